The Morgan fingerprint density at radius 1 is 1.00 bits per heavy atom. The molecule has 2 aromatic rings. The number of methoxy groups -OCH3 is 2. The Bertz CT molecular complexity index is 703. The van der Waals surface area contributed by atoms with Crippen LogP contribution in [0.15, 0.2) is 47.6 Å². The number of nitrogens with zero attached hydrogens (tertiary/aromatic N) is 2. The average molecular weight is 386 g/mol. The van der Waals surface area contributed by atoms with Crippen molar-refractivity contribution in [3.63, 3.8) is 0 Å². The lowest BCUT2D eigenvalue weighted by Gasteiger charge is -2.13. The topological polar surface area (TPSA) is 77.0 Å². The van der Waals surface area contributed by atoms with Crippen molar-refractivity contribution in [3.8, 4) is 11.6 Å². The number of nitrogens with one attached hydrogen (secondary N) is 2. The van der Waals surface area contributed by atoms with E-state index in [1.807, 2.05) is 43.3 Å². The lowest BCUT2D eigenvalue weighted by atomic mass is 10.2. The van der Waals surface area contributed by atoms with Crippen LogP contribution in [0.4, 0.5) is 0 Å². The van der Waals surface area contributed by atoms with E-state index in [2.05, 4.69) is 20.6 Å². The second-order valence-corrected chi connectivity index (χ2v) is 6.05. The van der Waals surface area contributed by atoms with E-state index in [0.717, 1.165) is 49.0 Å². The SMILES string of the molecule is CCOCCCNC(=NCc1ccc(OC)nc1)NCc1ccc(OC)cc1. The first-order valence-electron chi connectivity index (χ1n) is 9.47. The molecule has 0 aliphatic carbocycles. The minimum atomic E-state index is 0.528. The number of rotatable bonds is 11. The Labute approximate surface area is 167 Å². The fourth-order valence-electron chi connectivity index (χ4n) is 2.42. The fraction of sp³-hybridized carbons (Fsp3) is 0.429. The maximum Gasteiger partial charge on any atom is 0.212 e. The molecule has 2 N–H and O–H groups in total. The fourth-order valence-corrected chi connectivity index (χ4v) is 2.42. The average Bonchev–Trinajstić information content (AvgIpc) is 2.75. The van der Waals surface area contributed by atoms with Crippen LogP contribution in [-0.2, 0) is 17.8 Å². The summed E-state index contributed by atoms with van der Waals surface area (Å²) in [5.74, 6) is 2.20. The number of aromatic nitrogens is 1. The van der Waals surface area contributed by atoms with Gasteiger partial charge in [-0.05, 0) is 36.6 Å². The number of hydrogen-bond acceptors (Lipinski definition) is 5. The molecule has 7 heteroatoms. The molecule has 0 amide bonds. The lowest BCUT2D eigenvalue weighted by molar-refractivity contribution is 0.145. The Balaban J connectivity index is 1.93. The minimum absolute atomic E-state index is 0.528. The van der Waals surface area contributed by atoms with Crippen molar-refractivity contribution in [1.29, 1.82) is 0 Å². The number of hydrogen-bond donors (Lipinski definition) is 2. The number of benzene rings is 1. The Hall–Kier alpha value is -2.80. The predicted molar refractivity (Wildman–Crippen MR) is 111 cm³/mol. The molecule has 1 aromatic heterocycles. The molecule has 152 valence electrons. The first kappa shape index (κ1) is 21.5. The summed E-state index contributed by atoms with van der Waals surface area (Å²) in [5, 5.41) is 6.72. The van der Waals surface area contributed by atoms with Crippen LogP contribution in [0.3, 0.4) is 0 Å². The standard InChI is InChI=1S/C21H30N4O3/c1-4-28-13-5-12-22-21(24-14-17-6-9-19(26-2)10-7-17)25-16-18-8-11-20(27-3)23-15-18/h6-11,15H,4-5,12-14,16H2,1-3H3,(H2,22,24,25). The smallest absolute Gasteiger partial charge is 0.212 e. The molecule has 0 radical (unpaired) electrons. The van der Waals surface area contributed by atoms with E-state index in [1.54, 1.807) is 20.4 Å². The summed E-state index contributed by atoms with van der Waals surface area (Å²) >= 11 is 0. The third-order valence-electron chi connectivity index (χ3n) is 4.01. The summed E-state index contributed by atoms with van der Waals surface area (Å²) < 4.78 is 15.7. The van der Waals surface area contributed by atoms with Crippen molar-refractivity contribution in [2.24, 2.45) is 4.99 Å². The monoisotopic (exact) mass is 386 g/mol. The third-order valence-corrected chi connectivity index (χ3v) is 4.01. The van der Waals surface area contributed by atoms with Crippen LogP contribution in [0.25, 0.3) is 0 Å². The Kier molecular flexibility index (Phi) is 9.65. The second kappa shape index (κ2) is 12.6. The molecule has 7 nitrogen and oxygen atoms in total. The summed E-state index contributed by atoms with van der Waals surface area (Å²) in [4.78, 5) is 8.88. The summed E-state index contributed by atoms with van der Waals surface area (Å²) in [6.45, 7) is 5.45. The molecular weight excluding hydrogens is 356 g/mol. The van der Waals surface area contributed by atoms with Gasteiger partial charge in [0.25, 0.3) is 0 Å². The molecular formula is C21H30N4O3. The van der Waals surface area contributed by atoms with Gasteiger partial charge in [-0.25, -0.2) is 9.98 Å². The van der Waals surface area contributed by atoms with E-state index in [0.29, 0.717) is 19.0 Å². The van der Waals surface area contributed by atoms with Gasteiger partial charge in [0.05, 0.1) is 20.8 Å². The molecule has 0 saturated carbocycles. The highest BCUT2D eigenvalue weighted by molar-refractivity contribution is 5.79. The van der Waals surface area contributed by atoms with E-state index in [9.17, 15) is 0 Å². The predicted octanol–water partition coefficient (Wildman–Crippen LogP) is 2.76. The molecule has 2 rings (SSSR count). The van der Waals surface area contributed by atoms with E-state index in [1.165, 1.54) is 0 Å². The second-order valence-electron chi connectivity index (χ2n) is 6.05. The highest BCUT2D eigenvalue weighted by Crippen LogP contribution is 2.11. The summed E-state index contributed by atoms with van der Waals surface area (Å²) in [6, 6.07) is 11.8. The summed E-state index contributed by atoms with van der Waals surface area (Å²) in [7, 11) is 3.27. The zero-order chi connectivity index (χ0) is 20.0. The molecule has 0 atom stereocenters. The lowest BCUT2D eigenvalue weighted by Crippen LogP contribution is -2.37. The van der Waals surface area contributed by atoms with Gasteiger partial charge in [0.1, 0.15) is 5.75 Å². The van der Waals surface area contributed by atoms with Crippen LogP contribution in [0, 0.1) is 0 Å². The number of aliphatic imine (C=N–C) groups is 1. The van der Waals surface area contributed by atoms with Gasteiger partial charge in [-0.3, -0.25) is 0 Å². The van der Waals surface area contributed by atoms with Gasteiger partial charge in [-0.1, -0.05) is 18.2 Å². The van der Waals surface area contributed by atoms with Gasteiger partial charge in [0.15, 0.2) is 5.96 Å². The van der Waals surface area contributed by atoms with E-state index in [-0.39, 0.29) is 0 Å². The molecule has 0 bridgehead atoms. The highest BCUT2D eigenvalue weighted by Gasteiger charge is 2.01. The minimum Gasteiger partial charge on any atom is -0.497 e. The summed E-state index contributed by atoms with van der Waals surface area (Å²) in [6.07, 6.45) is 2.69. The zero-order valence-electron chi connectivity index (χ0n) is 16.9. The molecule has 0 aliphatic heterocycles. The normalized spacial score (nSPS) is 11.2. The molecule has 28 heavy (non-hydrogen) atoms. The van der Waals surface area contributed by atoms with Gasteiger partial charge in [0, 0.05) is 38.6 Å². The summed E-state index contributed by atoms with van der Waals surface area (Å²) in [5.41, 5.74) is 2.16. The van der Waals surface area contributed by atoms with Gasteiger partial charge in [0.2, 0.25) is 5.88 Å². The molecule has 1 aromatic carbocycles. The van der Waals surface area contributed by atoms with Crippen molar-refractivity contribution in [3.05, 3.63) is 53.7 Å². The van der Waals surface area contributed by atoms with Gasteiger partial charge in [-0.2, -0.15) is 0 Å². The maximum atomic E-state index is 5.39. The van der Waals surface area contributed by atoms with Crippen LogP contribution < -0.4 is 20.1 Å². The first-order valence-corrected chi connectivity index (χ1v) is 9.47. The van der Waals surface area contributed by atoms with Gasteiger partial charge >= 0.3 is 0 Å². The highest BCUT2D eigenvalue weighted by atomic mass is 16.5. The van der Waals surface area contributed by atoms with Crippen molar-refractivity contribution < 1.29 is 14.2 Å². The van der Waals surface area contributed by atoms with E-state index >= 15 is 0 Å². The van der Waals surface area contributed by atoms with Crippen molar-refractivity contribution >= 4 is 5.96 Å². The quantitative estimate of drug-likeness (QED) is 0.351. The molecule has 0 unspecified atom stereocenters. The van der Waals surface area contributed by atoms with Crippen LogP contribution in [0.5, 0.6) is 11.6 Å². The molecule has 0 saturated heterocycles. The van der Waals surface area contributed by atoms with E-state index in [4.69, 9.17) is 14.2 Å². The molecule has 0 spiro atoms. The number of guanidine groups is 1. The molecule has 0 aliphatic rings. The van der Waals surface area contributed by atoms with Crippen molar-refractivity contribution in [2.45, 2.75) is 26.4 Å². The Morgan fingerprint density at radius 2 is 1.79 bits per heavy atom. The van der Waals surface area contributed by atoms with Crippen molar-refractivity contribution in [2.75, 3.05) is 34.0 Å². The van der Waals surface area contributed by atoms with Gasteiger partial charge in [-0.15, -0.1) is 0 Å². The van der Waals surface area contributed by atoms with Crippen LogP contribution >= 0.6 is 0 Å². The molecule has 0 fully saturated rings. The Morgan fingerprint density at radius 3 is 2.43 bits per heavy atom. The maximum absolute atomic E-state index is 5.39. The third kappa shape index (κ3) is 7.84. The number of ether oxygens (including phenoxy) is 3. The van der Waals surface area contributed by atoms with Crippen LogP contribution in [0.2, 0.25) is 0 Å². The largest absolute Gasteiger partial charge is 0.497 e. The van der Waals surface area contributed by atoms with Crippen molar-refractivity contribution in [1.82, 2.24) is 15.6 Å². The van der Waals surface area contributed by atoms with Crippen LogP contribution in [-0.4, -0.2) is 44.9 Å². The first-order chi connectivity index (χ1) is 13.7. The number of pyridine rings is 1. The molecule has 1 heterocycles. The zero-order valence-corrected chi connectivity index (χ0v) is 16.9. The van der Waals surface area contributed by atoms with Crippen LogP contribution in [0.1, 0.15) is 24.5 Å². The van der Waals surface area contributed by atoms with Gasteiger partial charge < -0.3 is 24.8 Å². The van der Waals surface area contributed by atoms with E-state index < -0.39 is 0 Å².